The van der Waals surface area contributed by atoms with E-state index in [1.54, 1.807) is 41.7 Å². The molecular weight excluding hydrogens is 469 g/mol. The third-order valence-electron chi connectivity index (χ3n) is 5.54. The minimum atomic E-state index is -4.84. The molecular formula is C26H19F3N6O. The molecule has 10 heteroatoms. The first-order chi connectivity index (χ1) is 17.3. The Kier molecular flexibility index (Phi) is 5.85. The molecule has 0 saturated carbocycles. The molecule has 0 aliphatic heterocycles. The topological polar surface area (TPSA) is 90.0 Å². The molecule has 36 heavy (non-hydrogen) atoms. The zero-order valence-electron chi connectivity index (χ0n) is 18.9. The van der Waals surface area contributed by atoms with Gasteiger partial charge in [-0.1, -0.05) is 18.2 Å². The molecule has 0 bridgehead atoms. The van der Waals surface area contributed by atoms with Crippen LogP contribution in [0.4, 0.5) is 36.2 Å². The Morgan fingerprint density at radius 1 is 0.861 bits per heavy atom. The van der Waals surface area contributed by atoms with Crippen LogP contribution in [0, 0.1) is 6.92 Å². The number of aromatic nitrogens is 4. The van der Waals surface area contributed by atoms with Gasteiger partial charge in [0.25, 0.3) is 0 Å². The van der Waals surface area contributed by atoms with Crippen LogP contribution in [0.2, 0.25) is 0 Å². The van der Waals surface area contributed by atoms with Crippen molar-refractivity contribution in [1.82, 2.24) is 19.9 Å². The first-order valence-corrected chi connectivity index (χ1v) is 10.8. The molecule has 0 aliphatic rings. The summed E-state index contributed by atoms with van der Waals surface area (Å²) in [6, 6.07) is 16.6. The van der Waals surface area contributed by atoms with Crippen molar-refractivity contribution in [3.8, 4) is 17.0 Å². The summed E-state index contributed by atoms with van der Waals surface area (Å²) >= 11 is 0. The lowest BCUT2D eigenvalue weighted by Crippen LogP contribution is -2.18. The number of nitrogen functional groups attached to an aromatic ring is 1. The molecule has 2 aromatic carbocycles. The Morgan fingerprint density at radius 2 is 1.72 bits per heavy atom. The van der Waals surface area contributed by atoms with Crippen molar-refractivity contribution in [2.75, 3.05) is 10.6 Å². The number of anilines is 4. The number of pyridine rings is 2. The fourth-order valence-electron chi connectivity index (χ4n) is 4.07. The molecule has 0 aliphatic carbocycles. The molecule has 180 valence electrons. The zero-order valence-corrected chi connectivity index (χ0v) is 18.9. The van der Waals surface area contributed by atoms with E-state index in [9.17, 15) is 13.2 Å². The van der Waals surface area contributed by atoms with Gasteiger partial charge in [0, 0.05) is 41.0 Å². The molecule has 0 amide bonds. The number of halogens is 3. The van der Waals surface area contributed by atoms with Gasteiger partial charge in [-0.05, 0) is 48.9 Å². The van der Waals surface area contributed by atoms with Crippen molar-refractivity contribution in [2.45, 2.75) is 13.3 Å². The van der Waals surface area contributed by atoms with Gasteiger partial charge >= 0.3 is 6.36 Å². The third-order valence-corrected chi connectivity index (χ3v) is 5.54. The van der Waals surface area contributed by atoms with Crippen LogP contribution in [-0.2, 0) is 0 Å². The largest absolute Gasteiger partial charge is 0.573 e. The van der Waals surface area contributed by atoms with Crippen molar-refractivity contribution in [2.24, 2.45) is 0 Å². The van der Waals surface area contributed by atoms with Crippen LogP contribution in [-0.4, -0.2) is 26.3 Å². The summed E-state index contributed by atoms with van der Waals surface area (Å²) in [5.41, 5.74) is 9.33. The predicted molar refractivity (Wildman–Crippen MR) is 131 cm³/mol. The highest BCUT2D eigenvalue weighted by Crippen LogP contribution is 2.44. The van der Waals surface area contributed by atoms with Crippen LogP contribution >= 0.6 is 0 Å². The van der Waals surface area contributed by atoms with Crippen molar-refractivity contribution in [3.63, 3.8) is 0 Å². The Balaban J connectivity index is 1.82. The Bertz CT molecular complexity index is 1540. The average Bonchev–Trinajstić information content (AvgIpc) is 2.86. The Labute approximate surface area is 204 Å². The van der Waals surface area contributed by atoms with E-state index in [0.717, 1.165) is 10.9 Å². The van der Waals surface area contributed by atoms with Gasteiger partial charge in [0.15, 0.2) is 0 Å². The van der Waals surface area contributed by atoms with E-state index in [2.05, 4.69) is 24.7 Å². The molecule has 3 aromatic heterocycles. The number of nitrogens with zero attached hydrogens (tertiary/aromatic N) is 5. The van der Waals surface area contributed by atoms with Gasteiger partial charge in [-0.15, -0.1) is 13.2 Å². The Morgan fingerprint density at radius 3 is 2.50 bits per heavy atom. The van der Waals surface area contributed by atoms with Gasteiger partial charge in [0.05, 0.1) is 17.1 Å². The molecule has 7 nitrogen and oxygen atoms in total. The van der Waals surface area contributed by atoms with Crippen molar-refractivity contribution < 1.29 is 17.9 Å². The second-order valence-corrected chi connectivity index (χ2v) is 7.87. The molecule has 0 saturated heterocycles. The lowest BCUT2D eigenvalue weighted by atomic mass is 10.0. The minimum Gasteiger partial charge on any atom is -0.406 e. The molecule has 5 aromatic rings. The van der Waals surface area contributed by atoms with Crippen LogP contribution in [0.1, 0.15) is 5.56 Å². The molecule has 0 radical (unpaired) electrons. The minimum absolute atomic E-state index is 0.333. The molecule has 5 rings (SSSR count). The summed E-state index contributed by atoms with van der Waals surface area (Å²) in [6.07, 6.45) is 1.39. The molecule has 0 unspecified atom stereocenters. The average molecular weight is 488 g/mol. The summed E-state index contributed by atoms with van der Waals surface area (Å²) in [5, 5.41) is 1.45. The number of ether oxygens (including phenoxy) is 1. The molecule has 0 spiro atoms. The first-order valence-electron chi connectivity index (χ1n) is 10.8. The summed E-state index contributed by atoms with van der Waals surface area (Å²) in [6.45, 7) is 1.90. The fourth-order valence-corrected chi connectivity index (χ4v) is 4.07. The van der Waals surface area contributed by atoms with Gasteiger partial charge in [0.1, 0.15) is 23.7 Å². The van der Waals surface area contributed by atoms with E-state index in [4.69, 9.17) is 5.73 Å². The number of rotatable bonds is 5. The summed E-state index contributed by atoms with van der Waals surface area (Å²) in [7, 11) is 0. The van der Waals surface area contributed by atoms with Crippen LogP contribution < -0.4 is 15.4 Å². The maximum atomic E-state index is 13.0. The zero-order chi connectivity index (χ0) is 25.3. The van der Waals surface area contributed by atoms with Gasteiger partial charge in [-0.25, -0.2) is 19.9 Å². The van der Waals surface area contributed by atoms with Gasteiger partial charge < -0.3 is 10.5 Å². The number of aryl methyl sites for hydroxylation is 1. The maximum Gasteiger partial charge on any atom is 0.573 e. The maximum absolute atomic E-state index is 13.0. The van der Waals surface area contributed by atoms with Crippen LogP contribution in [0.3, 0.4) is 0 Å². The van der Waals surface area contributed by atoms with Crippen molar-refractivity contribution in [1.29, 1.82) is 0 Å². The fraction of sp³-hybridized carbons (Fsp3) is 0.0769. The molecule has 0 atom stereocenters. The SMILES string of the molecule is Cc1ccc2c(N)nccc2c1N(c1cccc(OC(F)(F)F)c1)c1ncccc1-c1ccncn1. The number of fused-ring (bicyclic) bond motifs is 1. The standard InChI is InChI=1S/C26H19F3N6O/c1-16-7-8-20-19(9-13-32-24(20)30)23(16)35(17-4-2-5-18(14-17)36-26(27,28)29)25-21(6-3-11-33-25)22-10-12-31-15-34-22/h2-15H,1H3,(H2,30,32). The highest BCUT2D eigenvalue weighted by Gasteiger charge is 2.31. The van der Waals surface area contributed by atoms with Crippen LogP contribution in [0.5, 0.6) is 5.75 Å². The number of nitrogens with two attached hydrogens (primary N) is 1. The smallest absolute Gasteiger partial charge is 0.406 e. The number of hydrogen-bond donors (Lipinski definition) is 1. The normalized spacial score (nSPS) is 11.4. The van der Waals surface area contributed by atoms with E-state index in [1.165, 1.54) is 24.5 Å². The highest BCUT2D eigenvalue weighted by molar-refractivity contribution is 6.04. The van der Waals surface area contributed by atoms with Gasteiger partial charge in [0.2, 0.25) is 0 Å². The van der Waals surface area contributed by atoms with Crippen LogP contribution in [0.25, 0.3) is 22.0 Å². The van der Waals surface area contributed by atoms with Gasteiger partial charge in [-0.2, -0.15) is 0 Å². The number of alkyl halides is 3. The second-order valence-electron chi connectivity index (χ2n) is 7.87. The lowest BCUT2D eigenvalue weighted by Gasteiger charge is -2.29. The highest BCUT2D eigenvalue weighted by atomic mass is 19.4. The van der Waals surface area contributed by atoms with E-state index < -0.39 is 6.36 Å². The molecule has 3 heterocycles. The number of hydrogen-bond acceptors (Lipinski definition) is 7. The molecule has 2 N–H and O–H groups in total. The van der Waals surface area contributed by atoms with E-state index in [-0.39, 0.29) is 5.75 Å². The van der Waals surface area contributed by atoms with E-state index in [0.29, 0.717) is 39.7 Å². The summed E-state index contributed by atoms with van der Waals surface area (Å²) in [4.78, 5) is 18.9. The monoisotopic (exact) mass is 488 g/mol. The predicted octanol–water partition coefficient (Wildman–Crippen LogP) is 6.35. The van der Waals surface area contributed by atoms with E-state index in [1.807, 2.05) is 31.2 Å². The second kappa shape index (κ2) is 9.14. The molecule has 0 fully saturated rings. The quantitative estimate of drug-likeness (QED) is 0.308. The van der Waals surface area contributed by atoms with Crippen LogP contribution in [0.15, 0.2) is 85.6 Å². The summed E-state index contributed by atoms with van der Waals surface area (Å²) < 4.78 is 43.3. The van der Waals surface area contributed by atoms with E-state index >= 15 is 0 Å². The first kappa shape index (κ1) is 23.0. The Hall–Kier alpha value is -4.73. The summed E-state index contributed by atoms with van der Waals surface area (Å²) in [5.74, 6) is 0.426. The van der Waals surface area contributed by atoms with Crippen molar-refractivity contribution >= 4 is 33.8 Å². The lowest BCUT2D eigenvalue weighted by molar-refractivity contribution is -0.274. The van der Waals surface area contributed by atoms with Gasteiger partial charge in [-0.3, -0.25) is 4.90 Å². The number of benzene rings is 2. The van der Waals surface area contributed by atoms with Crippen molar-refractivity contribution in [3.05, 3.63) is 91.1 Å². The third kappa shape index (κ3) is 4.48.